The topological polar surface area (TPSA) is 71.1 Å². The van der Waals surface area contributed by atoms with Crippen molar-refractivity contribution in [2.24, 2.45) is 0 Å². The van der Waals surface area contributed by atoms with Gasteiger partial charge in [0.2, 0.25) is 5.95 Å². The summed E-state index contributed by atoms with van der Waals surface area (Å²) >= 11 is 0. The van der Waals surface area contributed by atoms with Crippen LogP contribution in [0.5, 0.6) is 5.75 Å². The second kappa shape index (κ2) is 6.39. The number of benzene rings is 1. The van der Waals surface area contributed by atoms with E-state index in [4.69, 9.17) is 4.74 Å². The molecule has 0 unspecified atom stereocenters. The highest BCUT2D eigenvalue weighted by Gasteiger charge is 2.20. The van der Waals surface area contributed by atoms with Gasteiger partial charge in [0, 0.05) is 25.2 Å². The molecule has 0 aliphatic carbocycles. The zero-order valence-corrected chi connectivity index (χ0v) is 13.9. The Morgan fingerprint density at radius 2 is 2.04 bits per heavy atom. The maximum absolute atomic E-state index is 12.6. The van der Waals surface area contributed by atoms with Gasteiger partial charge >= 0.3 is 0 Å². The van der Waals surface area contributed by atoms with Gasteiger partial charge in [-0.1, -0.05) is 24.3 Å². The van der Waals surface area contributed by atoms with Crippen LogP contribution in [0.3, 0.4) is 0 Å². The molecule has 3 heterocycles. The normalized spacial score (nSPS) is 12.5. The minimum absolute atomic E-state index is 0.117. The van der Waals surface area contributed by atoms with Gasteiger partial charge in [-0.2, -0.15) is 0 Å². The summed E-state index contributed by atoms with van der Waals surface area (Å²) in [6, 6.07) is 13.5. The van der Waals surface area contributed by atoms with Gasteiger partial charge in [0.25, 0.3) is 5.56 Å². The number of ether oxygens (including phenoxy) is 1. The summed E-state index contributed by atoms with van der Waals surface area (Å²) in [6.45, 7) is 0.852. The van der Waals surface area contributed by atoms with Crippen LogP contribution >= 0.6 is 0 Å². The fourth-order valence-corrected chi connectivity index (χ4v) is 2.95. The van der Waals surface area contributed by atoms with Crippen LogP contribution in [0.25, 0.3) is 0 Å². The molecule has 0 saturated carbocycles. The van der Waals surface area contributed by atoms with Gasteiger partial charge in [-0.05, 0) is 23.8 Å². The van der Waals surface area contributed by atoms with Gasteiger partial charge in [0.1, 0.15) is 12.4 Å². The first kappa shape index (κ1) is 15.4. The molecule has 126 valence electrons. The highest BCUT2D eigenvalue weighted by atomic mass is 16.5. The summed E-state index contributed by atoms with van der Waals surface area (Å²) in [5, 5.41) is 0. The van der Waals surface area contributed by atoms with Gasteiger partial charge in [-0.3, -0.25) is 14.8 Å². The lowest BCUT2D eigenvalue weighted by Gasteiger charge is -2.18. The number of H-pyrrole nitrogens is 1. The molecule has 2 aromatic heterocycles. The van der Waals surface area contributed by atoms with Crippen molar-refractivity contribution in [3.05, 3.63) is 81.5 Å². The molecule has 0 atom stereocenters. The fourth-order valence-electron chi connectivity index (χ4n) is 2.95. The number of nitrogens with zero attached hydrogens (tertiary/aromatic N) is 3. The Balaban J connectivity index is 1.65. The van der Waals surface area contributed by atoms with Crippen molar-refractivity contribution in [3.63, 3.8) is 0 Å². The standard InChI is InChI=1S/C19H18N4O2/c1-23(11-14-7-4-5-9-20-14)19-21-16-12-25-17-8-3-2-6-13(17)10-15(16)18(24)22-19/h2-9H,10-12H2,1H3,(H,21,22,24). The molecule has 0 amide bonds. The number of pyridine rings is 1. The van der Waals surface area contributed by atoms with Crippen molar-refractivity contribution in [2.75, 3.05) is 11.9 Å². The lowest BCUT2D eigenvalue weighted by Crippen LogP contribution is -2.26. The number of aromatic nitrogens is 3. The molecule has 0 radical (unpaired) electrons. The number of anilines is 1. The minimum Gasteiger partial charge on any atom is -0.487 e. The van der Waals surface area contributed by atoms with Crippen LogP contribution in [-0.2, 0) is 19.6 Å². The van der Waals surface area contributed by atoms with Crippen LogP contribution < -0.4 is 15.2 Å². The van der Waals surface area contributed by atoms with E-state index in [1.807, 2.05) is 54.4 Å². The van der Waals surface area contributed by atoms with Crippen molar-refractivity contribution in [1.29, 1.82) is 0 Å². The van der Waals surface area contributed by atoms with E-state index in [1.165, 1.54) is 0 Å². The average Bonchev–Trinajstić information content (AvgIpc) is 2.82. The first-order valence-corrected chi connectivity index (χ1v) is 8.14. The largest absolute Gasteiger partial charge is 0.487 e. The summed E-state index contributed by atoms with van der Waals surface area (Å²) in [7, 11) is 1.88. The van der Waals surface area contributed by atoms with Crippen molar-refractivity contribution in [1.82, 2.24) is 15.0 Å². The van der Waals surface area contributed by atoms with Crippen LogP contribution in [0.15, 0.2) is 53.5 Å². The van der Waals surface area contributed by atoms with Crippen LogP contribution in [-0.4, -0.2) is 22.0 Å². The summed E-state index contributed by atoms with van der Waals surface area (Å²) in [5.41, 5.74) is 3.14. The molecule has 1 aliphatic rings. The van der Waals surface area contributed by atoms with Gasteiger partial charge in [-0.15, -0.1) is 0 Å². The van der Waals surface area contributed by atoms with Gasteiger partial charge < -0.3 is 9.64 Å². The van der Waals surface area contributed by atoms with Gasteiger partial charge in [0.15, 0.2) is 0 Å². The molecule has 1 aromatic carbocycles. The SMILES string of the molecule is CN(Cc1ccccn1)c1nc2c(c(=O)[nH]1)Cc1ccccc1OC2. The quantitative estimate of drug-likeness (QED) is 0.796. The average molecular weight is 334 g/mol. The summed E-state index contributed by atoms with van der Waals surface area (Å²) in [5.74, 6) is 1.33. The number of fused-ring (bicyclic) bond motifs is 2. The molecule has 1 aliphatic heterocycles. The van der Waals surface area contributed by atoms with Crippen molar-refractivity contribution in [2.45, 2.75) is 19.6 Å². The molecule has 4 rings (SSSR count). The van der Waals surface area contributed by atoms with E-state index in [0.29, 0.717) is 36.8 Å². The van der Waals surface area contributed by atoms with E-state index < -0.39 is 0 Å². The number of rotatable bonds is 3. The van der Waals surface area contributed by atoms with E-state index in [1.54, 1.807) is 6.20 Å². The molecule has 6 nitrogen and oxygen atoms in total. The smallest absolute Gasteiger partial charge is 0.256 e. The lowest BCUT2D eigenvalue weighted by molar-refractivity contribution is 0.302. The number of aromatic amines is 1. The maximum atomic E-state index is 12.6. The van der Waals surface area contributed by atoms with Gasteiger partial charge in [-0.25, -0.2) is 4.98 Å². The molecule has 3 aromatic rings. The van der Waals surface area contributed by atoms with E-state index in [9.17, 15) is 4.79 Å². The van der Waals surface area contributed by atoms with Crippen molar-refractivity contribution in [3.8, 4) is 5.75 Å². The molecule has 6 heteroatoms. The molecule has 1 N–H and O–H groups in total. The van der Waals surface area contributed by atoms with Crippen molar-refractivity contribution < 1.29 is 4.74 Å². The van der Waals surface area contributed by atoms with E-state index in [0.717, 1.165) is 17.0 Å². The monoisotopic (exact) mass is 334 g/mol. The lowest BCUT2D eigenvalue weighted by atomic mass is 10.1. The molecular formula is C19H18N4O2. The molecule has 25 heavy (non-hydrogen) atoms. The van der Waals surface area contributed by atoms with E-state index in [2.05, 4.69) is 15.0 Å². The molecular weight excluding hydrogens is 316 g/mol. The Labute approximate surface area is 145 Å². The minimum atomic E-state index is -0.117. The molecule has 0 bridgehead atoms. The second-order valence-corrected chi connectivity index (χ2v) is 6.07. The van der Waals surface area contributed by atoms with E-state index >= 15 is 0 Å². The maximum Gasteiger partial charge on any atom is 0.256 e. The zero-order chi connectivity index (χ0) is 17.2. The number of hydrogen-bond acceptors (Lipinski definition) is 5. The Hall–Kier alpha value is -3.15. The van der Waals surface area contributed by atoms with Crippen LogP contribution in [0.1, 0.15) is 22.5 Å². The van der Waals surface area contributed by atoms with Crippen LogP contribution in [0.4, 0.5) is 5.95 Å². The van der Waals surface area contributed by atoms with E-state index in [-0.39, 0.29) is 5.56 Å². The fraction of sp³-hybridized carbons (Fsp3) is 0.211. The van der Waals surface area contributed by atoms with Gasteiger partial charge in [0.05, 0.1) is 17.9 Å². The first-order valence-electron chi connectivity index (χ1n) is 8.14. The third-order valence-electron chi connectivity index (χ3n) is 4.28. The number of nitrogens with one attached hydrogen (secondary N) is 1. The predicted molar refractivity (Wildman–Crippen MR) is 94.8 cm³/mol. The summed E-state index contributed by atoms with van der Waals surface area (Å²) < 4.78 is 5.84. The number of para-hydroxylation sites is 1. The third-order valence-corrected chi connectivity index (χ3v) is 4.28. The first-order chi connectivity index (χ1) is 12.2. The third kappa shape index (κ3) is 3.10. The highest BCUT2D eigenvalue weighted by Crippen LogP contribution is 2.26. The summed E-state index contributed by atoms with van der Waals surface area (Å²) in [6.07, 6.45) is 2.28. The van der Waals surface area contributed by atoms with Crippen LogP contribution in [0, 0.1) is 0 Å². The van der Waals surface area contributed by atoms with Crippen molar-refractivity contribution >= 4 is 5.95 Å². The van der Waals surface area contributed by atoms with Crippen LogP contribution in [0.2, 0.25) is 0 Å². The highest BCUT2D eigenvalue weighted by molar-refractivity contribution is 5.42. The second-order valence-electron chi connectivity index (χ2n) is 6.07. The summed E-state index contributed by atoms with van der Waals surface area (Å²) in [4.78, 5) is 26.3. The molecule has 0 spiro atoms. The predicted octanol–water partition coefficient (Wildman–Crippen LogP) is 2.28. The zero-order valence-electron chi connectivity index (χ0n) is 13.9. The Morgan fingerprint density at radius 1 is 1.20 bits per heavy atom. The Morgan fingerprint density at radius 3 is 2.88 bits per heavy atom. The Bertz CT molecular complexity index is 953. The molecule has 0 saturated heterocycles. The molecule has 0 fully saturated rings. The Kier molecular flexibility index (Phi) is 3.93. The number of hydrogen-bond donors (Lipinski definition) is 1.